The molecule has 14 heavy (non-hydrogen) atoms. The van der Waals surface area contributed by atoms with Crippen LogP contribution in [0.25, 0.3) is 0 Å². The molecule has 0 aromatic heterocycles. The van der Waals surface area contributed by atoms with Gasteiger partial charge in [0.25, 0.3) is 0 Å². The van der Waals surface area contributed by atoms with Crippen molar-refractivity contribution in [3.8, 4) is 0 Å². The molecule has 0 aromatic rings. The van der Waals surface area contributed by atoms with Crippen LogP contribution in [0, 0.1) is 0 Å². The minimum absolute atomic E-state index is 0.713. The highest BCUT2D eigenvalue weighted by atomic mass is 28.4. The summed E-state index contributed by atoms with van der Waals surface area (Å²) in [5.41, 5.74) is 5.91. The van der Waals surface area contributed by atoms with Gasteiger partial charge in [0, 0.05) is 5.29 Å². The summed E-state index contributed by atoms with van der Waals surface area (Å²) in [7, 11) is 6.74. The minimum Gasteiger partial charge on any atom is -0.325 e. The molecule has 0 aromatic carbocycles. The summed E-state index contributed by atoms with van der Waals surface area (Å²) in [5.74, 6) is 0. The normalized spacial score (nSPS) is 37.0. The number of hydrogen-bond donors (Lipinski definition) is 0. The Morgan fingerprint density at radius 3 is 2.14 bits per heavy atom. The first kappa shape index (κ1) is 11.9. The van der Waals surface area contributed by atoms with Crippen molar-refractivity contribution in [1.29, 1.82) is 0 Å². The molecular formula is C10H22N2Si2. The molecule has 1 heterocycles. The smallest absolute Gasteiger partial charge is 0.163 e. The van der Waals surface area contributed by atoms with E-state index < -0.39 is 17.0 Å². The largest absolute Gasteiger partial charge is 0.325 e. The molecule has 2 nitrogen and oxygen atoms in total. The molecule has 0 radical (unpaired) electrons. The van der Waals surface area contributed by atoms with Crippen molar-refractivity contribution < 1.29 is 0 Å². The van der Waals surface area contributed by atoms with Gasteiger partial charge in [-0.3, -0.25) is 0 Å². The summed E-state index contributed by atoms with van der Waals surface area (Å²) in [4.78, 5) is 2.40. The maximum atomic E-state index is 4.06. The lowest BCUT2D eigenvalue weighted by Gasteiger charge is -2.56. The molecule has 0 aliphatic carbocycles. The Morgan fingerprint density at radius 1 is 1.29 bits per heavy atom. The summed E-state index contributed by atoms with van der Waals surface area (Å²) in [6.07, 6.45) is 0. The molecule has 0 saturated carbocycles. The second-order valence-electron chi connectivity index (χ2n) is 4.60. The zero-order valence-electron chi connectivity index (χ0n) is 9.83. The lowest BCUT2D eigenvalue weighted by Crippen LogP contribution is -2.77. The Morgan fingerprint density at radius 2 is 1.86 bits per heavy atom. The number of nitrogens with zero attached hydrogens (tertiary/aromatic N) is 2. The van der Waals surface area contributed by atoms with Crippen LogP contribution in [0.2, 0.25) is 5.67 Å². The van der Waals surface area contributed by atoms with Crippen LogP contribution in [0.1, 0.15) is 0 Å². The van der Waals surface area contributed by atoms with E-state index in [9.17, 15) is 0 Å². The van der Waals surface area contributed by atoms with Crippen LogP contribution in [-0.2, 0) is 0 Å². The summed E-state index contributed by atoms with van der Waals surface area (Å²) in [6, 6.07) is 0. The molecule has 4 heteroatoms. The van der Waals surface area contributed by atoms with Crippen molar-refractivity contribution in [2.45, 2.75) is 11.0 Å². The van der Waals surface area contributed by atoms with Crippen LogP contribution in [0.4, 0.5) is 0 Å². The highest BCUT2D eigenvalue weighted by Crippen LogP contribution is 2.36. The van der Waals surface area contributed by atoms with Gasteiger partial charge >= 0.3 is 0 Å². The van der Waals surface area contributed by atoms with Gasteiger partial charge in [-0.15, -0.1) is 18.9 Å². The molecule has 0 spiro atoms. The standard InChI is InChI=1S/C10H22N2Si2/c1-7-13-9-14(8-2,12(5)6)10(13)11(3)4/h7-8,10,13H,1-2,9H2,3-6H3. The number of rotatable bonds is 4. The molecule has 1 saturated heterocycles. The molecule has 0 amide bonds. The van der Waals surface area contributed by atoms with Gasteiger partial charge in [-0.1, -0.05) is 5.70 Å². The second kappa shape index (κ2) is 4.14. The van der Waals surface area contributed by atoms with Crippen LogP contribution in [-0.4, -0.2) is 60.0 Å². The third kappa shape index (κ3) is 1.56. The van der Waals surface area contributed by atoms with Crippen molar-refractivity contribution in [2.24, 2.45) is 0 Å². The van der Waals surface area contributed by atoms with E-state index in [1.807, 2.05) is 0 Å². The third-order valence-corrected chi connectivity index (χ3v) is 17.0. The fourth-order valence-electron chi connectivity index (χ4n) is 2.70. The van der Waals surface area contributed by atoms with E-state index in [-0.39, 0.29) is 0 Å². The second-order valence-corrected chi connectivity index (χ2v) is 13.2. The molecule has 3 unspecified atom stereocenters. The van der Waals surface area contributed by atoms with E-state index in [1.165, 1.54) is 5.67 Å². The SMILES string of the molecule is C=C[SiH]1C[Si](C=C)(N(C)C)C1N(C)C. The van der Waals surface area contributed by atoms with Gasteiger partial charge in [0.05, 0.1) is 8.80 Å². The maximum Gasteiger partial charge on any atom is 0.163 e. The van der Waals surface area contributed by atoms with Crippen molar-refractivity contribution in [1.82, 2.24) is 9.47 Å². The van der Waals surface area contributed by atoms with E-state index in [1.54, 1.807) is 0 Å². The molecule has 80 valence electrons. The van der Waals surface area contributed by atoms with Gasteiger partial charge in [0.1, 0.15) is 0 Å². The van der Waals surface area contributed by atoms with E-state index in [0.29, 0.717) is 0 Å². The zero-order chi connectivity index (χ0) is 10.9. The average molecular weight is 226 g/mol. The van der Waals surface area contributed by atoms with E-state index in [4.69, 9.17) is 0 Å². The fourth-order valence-corrected chi connectivity index (χ4v) is 16.8. The van der Waals surface area contributed by atoms with Gasteiger partial charge in [-0.05, 0) is 33.9 Å². The van der Waals surface area contributed by atoms with Crippen LogP contribution >= 0.6 is 0 Å². The Kier molecular flexibility index (Phi) is 3.52. The Hall–Kier alpha value is -0.166. The van der Waals surface area contributed by atoms with Crippen molar-refractivity contribution in [3.05, 3.63) is 24.6 Å². The molecule has 0 N–H and O–H groups in total. The predicted octanol–water partition coefficient (Wildman–Crippen LogP) is 0.732. The first-order chi connectivity index (χ1) is 6.49. The van der Waals surface area contributed by atoms with Gasteiger partial charge < -0.3 is 9.47 Å². The molecular weight excluding hydrogens is 204 g/mol. The highest BCUT2D eigenvalue weighted by Gasteiger charge is 2.56. The predicted molar refractivity (Wildman–Crippen MR) is 69.3 cm³/mol. The van der Waals surface area contributed by atoms with Crippen LogP contribution < -0.4 is 0 Å². The molecule has 1 rings (SSSR count). The summed E-state index contributed by atoms with van der Waals surface area (Å²) < 4.78 is 2.44. The summed E-state index contributed by atoms with van der Waals surface area (Å²) in [5, 5.41) is 0.785. The van der Waals surface area contributed by atoms with Crippen molar-refractivity contribution >= 4 is 17.0 Å². The van der Waals surface area contributed by atoms with Crippen LogP contribution in [0.5, 0.6) is 0 Å². The average Bonchev–Trinajstić information content (AvgIpc) is 2.02. The van der Waals surface area contributed by atoms with Gasteiger partial charge in [0.2, 0.25) is 0 Å². The molecule has 1 fully saturated rings. The summed E-state index contributed by atoms with van der Waals surface area (Å²) >= 11 is 0. The first-order valence-electron chi connectivity index (χ1n) is 5.09. The maximum absolute atomic E-state index is 4.06. The monoisotopic (exact) mass is 226 g/mol. The van der Waals surface area contributed by atoms with Gasteiger partial charge in [-0.25, -0.2) is 0 Å². The number of hydrogen-bond acceptors (Lipinski definition) is 2. The van der Waals surface area contributed by atoms with Gasteiger partial charge in [0.15, 0.2) is 8.24 Å². The molecule has 1 aliphatic heterocycles. The first-order valence-corrected chi connectivity index (χ1v) is 9.55. The summed E-state index contributed by atoms with van der Waals surface area (Å²) in [6.45, 7) is 8.04. The lowest BCUT2D eigenvalue weighted by molar-refractivity contribution is 0.400. The highest BCUT2D eigenvalue weighted by molar-refractivity contribution is 7.10. The Bertz CT molecular complexity index is 240. The van der Waals surface area contributed by atoms with Crippen LogP contribution in [0.15, 0.2) is 24.6 Å². The topological polar surface area (TPSA) is 6.48 Å². The molecule has 1 aliphatic rings. The molecule has 3 atom stereocenters. The third-order valence-electron chi connectivity index (χ3n) is 3.53. The van der Waals surface area contributed by atoms with Gasteiger partial charge in [-0.2, -0.15) is 0 Å². The Balaban J connectivity index is 2.91. The lowest BCUT2D eigenvalue weighted by atomic mass is 11.0. The minimum atomic E-state index is -1.36. The Labute approximate surface area is 90.6 Å². The zero-order valence-corrected chi connectivity index (χ0v) is 12.0. The molecule has 0 bridgehead atoms. The fraction of sp³-hybridized carbons (Fsp3) is 0.600. The van der Waals surface area contributed by atoms with E-state index in [2.05, 4.69) is 62.2 Å². The van der Waals surface area contributed by atoms with Crippen LogP contribution in [0.3, 0.4) is 0 Å². The van der Waals surface area contributed by atoms with E-state index >= 15 is 0 Å². The van der Waals surface area contributed by atoms with Crippen molar-refractivity contribution in [2.75, 3.05) is 28.2 Å². The van der Waals surface area contributed by atoms with Crippen molar-refractivity contribution in [3.63, 3.8) is 0 Å². The quantitative estimate of drug-likeness (QED) is 0.652. The van der Waals surface area contributed by atoms with E-state index in [0.717, 1.165) is 5.29 Å².